The highest BCUT2D eigenvalue weighted by Crippen LogP contribution is 2.29. The first-order valence-electron chi connectivity index (χ1n) is 3.32. The van der Waals surface area contributed by atoms with E-state index in [1.165, 1.54) is 0 Å². The molecule has 12 heavy (non-hydrogen) atoms. The van der Waals surface area contributed by atoms with E-state index in [2.05, 4.69) is 25.9 Å². The molecule has 0 saturated heterocycles. The maximum Gasteiger partial charge on any atom is 0.198 e. The first-order chi connectivity index (χ1) is 5.77. The van der Waals surface area contributed by atoms with Gasteiger partial charge in [-0.3, -0.25) is 0 Å². The van der Waals surface area contributed by atoms with Gasteiger partial charge in [0, 0.05) is 0 Å². The fourth-order valence-electron chi connectivity index (χ4n) is 0.946. The van der Waals surface area contributed by atoms with Crippen molar-refractivity contribution in [2.75, 3.05) is 5.73 Å². The lowest BCUT2D eigenvalue weighted by Gasteiger charge is -1.88. The largest absolute Gasteiger partial charge is 0.369 e. The van der Waals surface area contributed by atoms with Crippen LogP contribution in [0.4, 0.5) is 5.95 Å². The summed E-state index contributed by atoms with van der Waals surface area (Å²) in [4.78, 5) is 8.13. The van der Waals surface area contributed by atoms with Crippen LogP contribution in [-0.4, -0.2) is 9.97 Å². The third kappa shape index (κ3) is 1.25. The lowest BCUT2D eigenvalue weighted by Crippen LogP contribution is -1.84. The molecular formula is C7H6BrN3S. The van der Waals surface area contributed by atoms with Crippen molar-refractivity contribution in [2.24, 2.45) is 0 Å². The van der Waals surface area contributed by atoms with E-state index in [0.29, 0.717) is 5.95 Å². The zero-order chi connectivity index (χ0) is 8.55. The van der Waals surface area contributed by atoms with Gasteiger partial charge in [-0.05, 0) is 27.4 Å². The Morgan fingerprint density at radius 1 is 1.58 bits per heavy atom. The summed E-state index contributed by atoms with van der Waals surface area (Å²) in [5.74, 6) is 0.435. The molecule has 2 aromatic rings. The summed E-state index contributed by atoms with van der Waals surface area (Å²) in [5.41, 5.74) is 6.37. The highest BCUT2D eigenvalue weighted by molar-refractivity contribution is 9.10. The number of thiophene rings is 1. The highest BCUT2D eigenvalue weighted by Gasteiger charge is 2.08. The predicted molar refractivity (Wildman–Crippen MR) is 54.0 cm³/mol. The SMILES string of the molecule is Nc1nc(-c2cccs2)c(Br)[nH]1. The number of nitrogen functional groups attached to an aromatic ring is 1. The van der Waals surface area contributed by atoms with Gasteiger partial charge in [0.25, 0.3) is 0 Å². The molecule has 2 rings (SSSR count). The Morgan fingerprint density at radius 3 is 2.92 bits per heavy atom. The van der Waals surface area contributed by atoms with Crippen LogP contribution >= 0.6 is 27.3 Å². The maximum absolute atomic E-state index is 5.49. The van der Waals surface area contributed by atoms with Crippen molar-refractivity contribution in [3.63, 3.8) is 0 Å². The number of nitrogens with one attached hydrogen (secondary N) is 1. The molecule has 2 heterocycles. The average Bonchev–Trinajstić information content (AvgIpc) is 2.58. The second-order valence-electron chi connectivity index (χ2n) is 2.26. The van der Waals surface area contributed by atoms with Gasteiger partial charge in [-0.1, -0.05) is 6.07 Å². The van der Waals surface area contributed by atoms with Gasteiger partial charge in [0.15, 0.2) is 5.95 Å². The lowest BCUT2D eigenvalue weighted by atomic mass is 10.4. The zero-order valence-corrected chi connectivity index (χ0v) is 8.45. The van der Waals surface area contributed by atoms with Gasteiger partial charge in [0.1, 0.15) is 10.3 Å². The summed E-state index contributed by atoms with van der Waals surface area (Å²) in [6.07, 6.45) is 0. The molecule has 62 valence electrons. The van der Waals surface area contributed by atoms with E-state index in [-0.39, 0.29) is 0 Å². The van der Waals surface area contributed by atoms with Crippen LogP contribution < -0.4 is 5.73 Å². The molecule has 5 heteroatoms. The van der Waals surface area contributed by atoms with Crippen molar-refractivity contribution in [1.29, 1.82) is 0 Å². The fourth-order valence-corrected chi connectivity index (χ4v) is 2.30. The van der Waals surface area contributed by atoms with Crippen molar-refractivity contribution in [3.8, 4) is 10.6 Å². The molecule has 0 aromatic carbocycles. The van der Waals surface area contributed by atoms with Crippen molar-refractivity contribution >= 4 is 33.2 Å². The molecule has 0 spiro atoms. The van der Waals surface area contributed by atoms with E-state index in [1.807, 2.05) is 17.5 Å². The number of aromatic amines is 1. The van der Waals surface area contributed by atoms with Crippen LogP contribution in [0.15, 0.2) is 22.1 Å². The van der Waals surface area contributed by atoms with Crippen LogP contribution in [0.3, 0.4) is 0 Å². The summed E-state index contributed by atoms with van der Waals surface area (Å²) in [7, 11) is 0. The average molecular weight is 244 g/mol. The Labute approximate surface area is 81.8 Å². The molecule has 2 aromatic heterocycles. The number of nitrogens with two attached hydrogens (primary N) is 1. The fraction of sp³-hybridized carbons (Fsp3) is 0. The molecule has 0 fully saturated rings. The second kappa shape index (κ2) is 2.91. The minimum atomic E-state index is 0.435. The van der Waals surface area contributed by atoms with Gasteiger partial charge in [-0.2, -0.15) is 0 Å². The second-order valence-corrected chi connectivity index (χ2v) is 4.00. The molecule has 0 bridgehead atoms. The number of hydrogen-bond donors (Lipinski definition) is 2. The first-order valence-corrected chi connectivity index (χ1v) is 4.99. The molecule has 0 unspecified atom stereocenters. The molecule has 3 nitrogen and oxygen atoms in total. The lowest BCUT2D eigenvalue weighted by molar-refractivity contribution is 1.31. The molecule has 0 radical (unpaired) electrons. The van der Waals surface area contributed by atoms with Gasteiger partial charge in [-0.25, -0.2) is 4.98 Å². The summed E-state index contributed by atoms with van der Waals surface area (Å²) in [6.45, 7) is 0. The van der Waals surface area contributed by atoms with Crippen LogP contribution in [0.5, 0.6) is 0 Å². The van der Waals surface area contributed by atoms with Crippen LogP contribution in [0, 0.1) is 0 Å². The third-order valence-electron chi connectivity index (χ3n) is 1.43. The number of rotatable bonds is 1. The van der Waals surface area contributed by atoms with Gasteiger partial charge >= 0.3 is 0 Å². The number of aromatic nitrogens is 2. The minimum Gasteiger partial charge on any atom is -0.369 e. The molecule has 0 saturated carbocycles. The van der Waals surface area contributed by atoms with Crippen LogP contribution in [-0.2, 0) is 0 Å². The Balaban J connectivity index is 2.54. The van der Waals surface area contributed by atoms with Crippen LogP contribution in [0.2, 0.25) is 0 Å². The molecule has 0 atom stereocenters. The van der Waals surface area contributed by atoms with Crippen molar-refractivity contribution < 1.29 is 0 Å². The molecule has 0 aliphatic rings. The number of halogens is 1. The van der Waals surface area contributed by atoms with Crippen molar-refractivity contribution in [2.45, 2.75) is 0 Å². The van der Waals surface area contributed by atoms with E-state index in [4.69, 9.17) is 5.73 Å². The Morgan fingerprint density at radius 2 is 2.42 bits per heavy atom. The van der Waals surface area contributed by atoms with Gasteiger partial charge in [0.05, 0.1) is 4.88 Å². The molecule has 0 aliphatic carbocycles. The van der Waals surface area contributed by atoms with Crippen molar-refractivity contribution in [1.82, 2.24) is 9.97 Å². The summed E-state index contributed by atoms with van der Waals surface area (Å²) >= 11 is 4.98. The third-order valence-corrected chi connectivity index (χ3v) is 2.88. The van der Waals surface area contributed by atoms with E-state index in [0.717, 1.165) is 15.2 Å². The molecule has 3 N–H and O–H groups in total. The highest BCUT2D eigenvalue weighted by atomic mass is 79.9. The van der Waals surface area contributed by atoms with Crippen LogP contribution in [0.25, 0.3) is 10.6 Å². The van der Waals surface area contributed by atoms with Crippen molar-refractivity contribution in [3.05, 3.63) is 22.1 Å². The summed E-state index contributed by atoms with van der Waals surface area (Å²) < 4.78 is 0.836. The number of anilines is 1. The van der Waals surface area contributed by atoms with E-state index >= 15 is 0 Å². The molecule has 0 aliphatic heterocycles. The first kappa shape index (κ1) is 7.82. The van der Waals surface area contributed by atoms with Gasteiger partial charge < -0.3 is 10.7 Å². The number of hydrogen-bond acceptors (Lipinski definition) is 3. The quantitative estimate of drug-likeness (QED) is 0.809. The van der Waals surface area contributed by atoms with E-state index in [9.17, 15) is 0 Å². The summed E-state index contributed by atoms with van der Waals surface area (Å²) in [6, 6.07) is 3.99. The Bertz CT molecular complexity index is 379. The summed E-state index contributed by atoms with van der Waals surface area (Å²) in [5, 5.41) is 2.01. The van der Waals surface area contributed by atoms with Gasteiger partial charge in [0.2, 0.25) is 0 Å². The number of nitrogens with zero attached hydrogens (tertiary/aromatic N) is 1. The smallest absolute Gasteiger partial charge is 0.198 e. The predicted octanol–water partition coefficient (Wildman–Crippen LogP) is 2.48. The topological polar surface area (TPSA) is 54.7 Å². The Hall–Kier alpha value is -0.810. The molecular weight excluding hydrogens is 238 g/mol. The van der Waals surface area contributed by atoms with Crippen LogP contribution in [0.1, 0.15) is 0 Å². The van der Waals surface area contributed by atoms with Gasteiger partial charge in [-0.15, -0.1) is 11.3 Å². The standard InChI is InChI=1S/C7H6BrN3S/c8-6-5(10-7(9)11-6)4-2-1-3-12-4/h1-3H,(H3,9,10,11). The Kier molecular flexibility index (Phi) is 1.90. The minimum absolute atomic E-state index is 0.435. The number of H-pyrrole nitrogens is 1. The zero-order valence-electron chi connectivity index (χ0n) is 6.04. The van der Waals surface area contributed by atoms with E-state index < -0.39 is 0 Å². The monoisotopic (exact) mass is 243 g/mol. The maximum atomic E-state index is 5.49. The normalized spacial score (nSPS) is 10.4. The molecule has 0 amide bonds. The van der Waals surface area contributed by atoms with E-state index in [1.54, 1.807) is 11.3 Å². The number of imidazole rings is 1.